The normalized spacial score (nSPS) is 12.7. The summed E-state index contributed by atoms with van der Waals surface area (Å²) >= 11 is 0. The summed E-state index contributed by atoms with van der Waals surface area (Å²) in [6.45, 7) is 3.52. The summed E-state index contributed by atoms with van der Waals surface area (Å²) in [4.78, 5) is 3.97. The van der Waals surface area contributed by atoms with Crippen molar-refractivity contribution in [2.24, 2.45) is 5.84 Å². The molecule has 1 aromatic rings. The van der Waals surface area contributed by atoms with E-state index in [9.17, 15) is 0 Å². The second-order valence-electron chi connectivity index (χ2n) is 3.50. The maximum atomic E-state index is 5.46. The summed E-state index contributed by atoms with van der Waals surface area (Å²) in [5, 5.41) is 0. The zero-order valence-electron chi connectivity index (χ0n) is 9.15. The lowest BCUT2D eigenvalue weighted by molar-refractivity contribution is 0.112. The fourth-order valence-corrected chi connectivity index (χ4v) is 1.34. The maximum Gasteiger partial charge on any atom is 0.0636 e. The third-order valence-corrected chi connectivity index (χ3v) is 2.13. The number of hydrazine groups is 1. The molecule has 1 unspecified atom stereocenters. The average molecular weight is 209 g/mol. The van der Waals surface area contributed by atoms with Crippen molar-refractivity contribution in [2.75, 3.05) is 13.2 Å². The van der Waals surface area contributed by atoms with Gasteiger partial charge in [-0.2, -0.15) is 0 Å². The van der Waals surface area contributed by atoms with Crippen molar-refractivity contribution >= 4 is 0 Å². The second-order valence-corrected chi connectivity index (χ2v) is 3.50. The molecule has 4 nitrogen and oxygen atoms in total. The van der Waals surface area contributed by atoms with Gasteiger partial charge >= 0.3 is 0 Å². The highest BCUT2D eigenvalue weighted by Crippen LogP contribution is 2.01. The minimum atomic E-state index is 0.166. The van der Waals surface area contributed by atoms with Crippen molar-refractivity contribution in [3.05, 3.63) is 30.1 Å². The van der Waals surface area contributed by atoms with Crippen LogP contribution in [0, 0.1) is 0 Å². The number of nitrogens with zero attached hydrogens (tertiary/aromatic N) is 1. The van der Waals surface area contributed by atoms with Crippen molar-refractivity contribution in [3.63, 3.8) is 0 Å². The smallest absolute Gasteiger partial charge is 0.0636 e. The van der Waals surface area contributed by atoms with Crippen LogP contribution in [0.2, 0.25) is 0 Å². The lowest BCUT2D eigenvalue weighted by atomic mass is 10.1. The molecule has 0 spiro atoms. The van der Waals surface area contributed by atoms with Gasteiger partial charge < -0.3 is 4.74 Å². The summed E-state index contributed by atoms with van der Waals surface area (Å²) in [6, 6.07) is 4.15. The number of pyridine rings is 1. The van der Waals surface area contributed by atoms with Gasteiger partial charge in [0.2, 0.25) is 0 Å². The minimum Gasteiger partial charge on any atom is -0.380 e. The molecular weight excluding hydrogens is 190 g/mol. The molecule has 0 aliphatic carbocycles. The van der Waals surface area contributed by atoms with E-state index in [0.717, 1.165) is 19.4 Å². The van der Waals surface area contributed by atoms with Crippen LogP contribution in [-0.2, 0) is 11.2 Å². The summed E-state index contributed by atoms with van der Waals surface area (Å²) in [5.74, 6) is 5.46. The Morgan fingerprint density at radius 3 is 2.80 bits per heavy atom. The minimum absolute atomic E-state index is 0.166. The van der Waals surface area contributed by atoms with Gasteiger partial charge in [0.25, 0.3) is 0 Å². The van der Waals surface area contributed by atoms with Gasteiger partial charge in [0.1, 0.15) is 0 Å². The Labute approximate surface area is 90.8 Å². The van der Waals surface area contributed by atoms with Crippen molar-refractivity contribution in [3.8, 4) is 0 Å². The molecule has 0 aromatic carbocycles. The number of nitrogens with two attached hydrogens (primary N) is 1. The van der Waals surface area contributed by atoms with Crippen LogP contribution in [0.5, 0.6) is 0 Å². The van der Waals surface area contributed by atoms with Crippen LogP contribution in [0.4, 0.5) is 0 Å². The van der Waals surface area contributed by atoms with Gasteiger partial charge in [-0.15, -0.1) is 0 Å². The predicted octanol–water partition coefficient (Wildman–Crippen LogP) is 0.883. The molecular formula is C11H19N3O. The van der Waals surface area contributed by atoms with Gasteiger partial charge in [-0.1, -0.05) is 6.92 Å². The van der Waals surface area contributed by atoms with Crippen molar-refractivity contribution in [2.45, 2.75) is 25.8 Å². The lowest BCUT2D eigenvalue weighted by Gasteiger charge is -2.15. The Bertz CT molecular complexity index is 253. The Morgan fingerprint density at radius 1 is 1.47 bits per heavy atom. The molecule has 3 N–H and O–H groups in total. The third kappa shape index (κ3) is 4.88. The Hall–Kier alpha value is -0.970. The number of nitrogens with one attached hydrogen (secondary N) is 1. The van der Waals surface area contributed by atoms with Gasteiger partial charge in [-0.25, -0.2) is 0 Å². The predicted molar refractivity (Wildman–Crippen MR) is 60.2 cm³/mol. The molecule has 15 heavy (non-hydrogen) atoms. The number of rotatable bonds is 7. The van der Waals surface area contributed by atoms with E-state index < -0.39 is 0 Å². The molecule has 4 heteroatoms. The van der Waals surface area contributed by atoms with Gasteiger partial charge in [0.05, 0.1) is 6.61 Å². The van der Waals surface area contributed by atoms with Crippen LogP contribution in [0.15, 0.2) is 24.5 Å². The van der Waals surface area contributed by atoms with E-state index in [0.29, 0.717) is 6.61 Å². The molecule has 0 saturated heterocycles. The van der Waals surface area contributed by atoms with Crippen LogP contribution in [0.3, 0.4) is 0 Å². The average Bonchev–Trinajstić information content (AvgIpc) is 2.29. The molecule has 0 bridgehead atoms. The van der Waals surface area contributed by atoms with Crippen LogP contribution in [0.25, 0.3) is 0 Å². The highest BCUT2D eigenvalue weighted by molar-refractivity contribution is 5.11. The molecule has 1 atom stereocenters. The van der Waals surface area contributed by atoms with Crippen LogP contribution < -0.4 is 11.3 Å². The Balaban J connectivity index is 2.33. The Morgan fingerprint density at radius 2 is 2.20 bits per heavy atom. The summed E-state index contributed by atoms with van der Waals surface area (Å²) < 4.78 is 5.45. The van der Waals surface area contributed by atoms with Gasteiger partial charge in [-0.05, 0) is 30.5 Å². The SMILES string of the molecule is CCCOCC(Cc1ccncc1)NN. The molecule has 0 aliphatic rings. The van der Waals surface area contributed by atoms with Gasteiger partial charge in [-0.3, -0.25) is 16.3 Å². The largest absolute Gasteiger partial charge is 0.380 e. The molecule has 0 fully saturated rings. The van der Waals surface area contributed by atoms with E-state index in [4.69, 9.17) is 10.6 Å². The highest BCUT2D eigenvalue weighted by Gasteiger charge is 2.07. The van der Waals surface area contributed by atoms with Crippen LogP contribution >= 0.6 is 0 Å². The van der Waals surface area contributed by atoms with Crippen molar-refractivity contribution in [1.29, 1.82) is 0 Å². The van der Waals surface area contributed by atoms with E-state index in [1.165, 1.54) is 5.56 Å². The van der Waals surface area contributed by atoms with E-state index in [1.54, 1.807) is 12.4 Å². The first-order valence-electron chi connectivity index (χ1n) is 5.29. The molecule has 1 rings (SSSR count). The zero-order valence-corrected chi connectivity index (χ0v) is 9.15. The number of hydrogen-bond acceptors (Lipinski definition) is 4. The first-order chi connectivity index (χ1) is 7.36. The Kier molecular flexibility index (Phi) is 5.92. The molecule has 1 heterocycles. The molecule has 0 amide bonds. The van der Waals surface area contributed by atoms with E-state index >= 15 is 0 Å². The molecule has 84 valence electrons. The monoisotopic (exact) mass is 209 g/mol. The number of hydrogen-bond donors (Lipinski definition) is 2. The second kappa shape index (κ2) is 7.34. The van der Waals surface area contributed by atoms with E-state index in [-0.39, 0.29) is 6.04 Å². The highest BCUT2D eigenvalue weighted by atomic mass is 16.5. The van der Waals surface area contributed by atoms with Crippen LogP contribution in [0.1, 0.15) is 18.9 Å². The fraction of sp³-hybridized carbons (Fsp3) is 0.545. The first-order valence-corrected chi connectivity index (χ1v) is 5.29. The van der Waals surface area contributed by atoms with E-state index in [2.05, 4.69) is 17.3 Å². The molecule has 0 saturated carbocycles. The van der Waals surface area contributed by atoms with Crippen molar-refractivity contribution < 1.29 is 4.74 Å². The topological polar surface area (TPSA) is 60.2 Å². The van der Waals surface area contributed by atoms with E-state index in [1.807, 2.05) is 12.1 Å². The molecule has 0 aliphatic heterocycles. The first kappa shape index (κ1) is 12.1. The summed E-state index contributed by atoms with van der Waals surface area (Å²) in [6.07, 6.45) is 5.47. The summed E-state index contributed by atoms with van der Waals surface area (Å²) in [5.41, 5.74) is 3.98. The fourth-order valence-electron chi connectivity index (χ4n) is 1.34. The quantitative estimate of drug-likeness (QED) is 0.397. The number of aromatic nitrogens is 1. The zero-order chi connectivity index (χ0) is 10.9. The van der Waals surface area contributed by atoms with Gasteiger partial charge in [0, 0.05) is 25.0 Å². The van der Waals surface area contributed by atoms with Gasteiger partial charge in [0.15, 0.2) is 0 Å². The lowest BCUT2D eigenvalue weighted by Crippen LogP contribution is -2.40. The summed E-state index contributed by atoms with van der Waals surface area (Å²) in [7, 11) is 0. The van der Waals surface area contributed by atoms with Crippen molar-refractivity contribution in [1.82, 2.24) is 10.4 Å². The third-order valence-electron chi connectivity index (χ3n) is 2.13. The van der Waals surface area contributed by atoms with Crippen LogP contribution in [-0.4, -0.2) is 24.2 Å². The molecule has 0 radical (unpaired) electrons. The standard InChI is InChI=1S/C11H19N3O/c1-2-7-15-9-11(14-12)8-10-3-5-13-6-4-10/h3-6,11,14H,2,7-9,12H2,1H3. The number of ether oxygens (including phenoxy) is 1. The molecule has 1 aromatic heterocycles. The maximum absolute atomic E-state index is 5.46.